The van der Waals surface area contributed by atoms with Gasteiger partial charge in [0, 0.05) is 34.0 Å². The zero-order chi connectivity index (χ0) is 33.2. The number of hydrogen-bond donors (Lipinski definition) is 0. The highest BCUT2D eigenvalue weighted by Crippen LogP contribution is 2.14. The van der Waals surface area contributed by atoms with Crippen molar-refractivity contribution in [1.29, 1.82) is 0 Å². The molecule has 0 aromatic rings. The van der Waals surface area contributed by atoms with Crippen LogP contribution in [0.3, 0.4) is 0 Å². The van der Waals surface area contributed by atoms with Crippen LogP contribution in [0.1, 0.15) is 55.4 Å². The highest BCUT2D eigenvalue weighted by atomic mass is 16.6. The number of guanidine groups is 1. The Bertz CT molecular complexity index is 1150. The Morgan fingerprint density at radius 3 is 1.14 bits per heavy atom. The SMILES string of the molecule is CN=C1N(C(C)=O)CCN1C(=O)[C@@H](C)OC(=O)[C@@H](C)OC(=O)[C@@H](C)OC(=O)[C@@H](C)OC(=O)[C@@H](C)OC(=O)[C@@H](C)OC(C)=O. The Labute approximate surface area is 247 Å². The lowest BCUT2D eigenvalue weighted by Crippen LogP contribution is -2.45. The Kier molecular flexibility index (Phi) is 13.7. The molecule has 1 saturated heterocycles. The quantitative estimate of drug-likeness (QED) is 0.196. The number of carbonyl (C=O) groups excluding carboxylic acids is 8. The second-order valence-corrected chi connectivity index (χ2v) is 9.33. The van der Waals surface area contributed by atoms with Crippen molar-refractivity contribution in [1.82, 2.24) is 9.80 Å². The Hall–Kier alpha value is -4.57. The first-order valence-electron chi connectivity index (χ1n) is 13.2. The summed E-state index contributed by atoms with van der Waals surface area (Å²) in [4.78, 5) is 103. The van der Waals surface area contributed by atoms with E-state index in [0.29, 0.717) is 0 Å². The van der Waals surface area contributed by atoms with Crippen LogP contribution in [-0.4, -0.2) is 120 Å². The third kappa shape index (κ3) is 10.6. The van der Waals surface area contributed by atoms with E-state index in [1.54, 1.807) is 0 Å². The van der Waals surface area contributed by atoms with Gasteiger partial charge in [-0.1, -0.05) is 0 Å². The lowest BCUT2D eigenvalue weighted by atomic mass is 10.3. The molecule has 0 radical (unpaired) electrons. The maximum absolute atomic E-state index is 12.8. The van der Waals surface area contributed by atoms with E-state index < -0.39 is 78.3 Å². The van der Waals surface area contributed by atoms with Gasteiger partial charge in [-0.3, -0.25) is 29.2 Å². The van der Waals surface area contributed by atoms with Gasteiger partial charge in [-0.05, 0) is 41.5 Å². The second-order valence-electron chi connectivity index (χ2n) is 9.33. The zero-order valence-electron chi connectivity index (χ0n) is 25.4. The molecule has 1 heterocycles. The van der Waals surface area contributed by atoms with Gasteiger partial charge in [0.1, 0.15) is 0 Å². The summed E-state index contributed by atoms with van der Waals surface area (Å²) in [6, 6.07) is 0. The van der Waals surface area contributed by atoms with Crippen molar-refractivity contribution in [3.05, 3.63) is 0 Å². The van der Waals surface area contributed by atoms with Gasteiger partial charge in [0.05, 0.1) is 0 Å². The van der Waals surface area contributed by atoms with Gasteiger partial charge in [0.2, 0.25) is 11.9 Å². The Morgan fingerprint density at radius 1 is 0.535 bits per heavy atom. The molecule has 0 aliphatic carbocycles. The average Bonchev–Trinajstić information content (AvgIpc) is 3.36. The highest BCUT2D eigenvalue weighted by molar-refractivity contribution is 6.06. The lowest BCUT2D eigenvalue weighted by molar-refractivity contribution is -0.187. The summed E-state index contributed by atoms with van der Waals surface area (Å²) in [5, 5.41) is 0. The molecule has 0 aromatic carbocycles. The molecule has 1 aliphatic heterocycles. The maximum atomic E-state index is 12.8. The van der Waals surface area contributed by atoms with E-state index in [4.69, 9.17) is 23.7 Å². The van der Waals surface area contributed by atoms with Gasteiger partial charge >= 0.3 is 35.8 Å². The van der Waals surface area contributed by atoms with Gasteiger partial charge in [-0.15, -0.1) is 0 Å². The maximum Gasteiger partial charge on any atom is 0.347 e. The van der Waals surface area contributed by atoms with Crippen LogP contribution in [0.5, 0.6) is 0 Å². The van der Waals surface area contributed by atoms with Crippen molar-refractivity contribution < 1.29 is 66.8 Å². The van der Waals surface area contributed by atoms with Crippen molar-refractivity contribution in [3.8, 4) is 0 Å². The van der Waals surface area contributed by atoms with Crippen molar-refractivity contribution in [2.45, 2.75) is 92.0 Å². The van der Waals surface area contributed by atoms with Gasteiger partial charge in [0.25, 0.3) is 5.91 Å². The van der Waals surface area contributed by atoms with Crippen LogP contribution in [0.25, 0.3) is 0 Å². The first-order chi connectivity index (χ1) is 19.9. The summed E-state index contributed by atoms with van der Waals surface area (Å²) in [5.74, 6) is -7.10. The van der Waals surface area contributed by atoms with E-state index in [0.717, 1.165) is 27.7 Å². The van der Waals surface area contributed by atoms with Crippen molar-refractivity contribution in [2.75, 3.05) is 20.1 Å². The normalized spacial score (nSPS) is 17.8. The molecule has 17 nitrogen and oxygen atoms in total. The molecule has 17 heteroatoms. The van der Waals surface area contributed by atoms with E-state index in [9.17, 15) is 38.4 Å². The molecule has 0 saturated carbocycles. The molecular formula is C26H37N3O14. The molecule has 0 N–H and O–H groups in total. The van der Waals surface area contributed by atoms with Crippen LogP contribution in [0.4, 0.5) is 0 Å². The van der Waals surface area contributed by atoms with Gasteiger partial charge < -0.3 is 28.4 Å². The fraction of sp³-hybridized carbons (Fsp3) is 0.654. The number of nitrogens with zero attached hydrogens (tertiary/aromatic N) is 3. The minimum atomic E-state index is -1.55. The van der Waals surface area contributed by atoms with Crippen LogP contribution in [0, 0.1) is 0 Å². The molecule has 43 heavy (non-hydrogen) atoms. The van der Waals surface area contributed by atoms with E-state index >= 15 is 0 Å². The third-order valence-corrected chi connectivity index (χ3v) is 5.69. The molecule has 1 rings (SSSR count). The molecule has 6 atom stereocenters. The molecule has 240 valence electrons. The van der Waals surface area contributed by atoms with Gasteiger partial charge in [-0.2, -0.15) is 0 Å². The van der Waals surface area contributed by atoms with Crippen LogP contribution in [0.15, 0.2) is 4.99 Å². The molecule has 0 spiro atoms. The fourth-order valence-corrected chi connectivity index (χ4v) is 3.40. The highest BCUT2D eigenvalue weighted by Gasteiger charge is 2.37. The van der Waals surface area contributed by atoms with Gasteiger partial charge in [0.15, 0.2) is 36.6 Å². The predicted molar refractivity (Wildman–Crippen MR) is 141 cm³/mol. The van der Waals surface area contributed by atoms with E-state index in [1.165, 1.54) is 44.5 Å². The number of esters is 6. The number of ether oxygens (including phenoxy) is 6. The Morgan fingerprint density at radius 2 is 0.837 bits per heavy atom. The smallest absolute Gasteiger partial charge is 0.347 e. The van der Waals surface area contributed by atoms with Crippen molar-refractivity contribution >= 4 is 53.6 Å². The molecule has 0 aromatic heterocycles. The summed E-state index contributed by atoms with van der Waals surface area (Å²) < 4.78 is 29.4. The second kappa shape index (κ2) is 16.2. The topological polar surface area (TPSA) is 211 Å². The number of hydrogen-bond acceptors (Lipinski definition) is 15. The van der Waals surface area contributed by atoms with Crippen LogP contribution in [0.2, 0.25) is 0 Å². The minimum absolute atomic E-state index is 0.111. The van der Waals surface area contributed by atoms with Crippen LogP contribution in [-0.2, 0) is 66.8 Å². The molecule has 1 aliphatic rings. The van der Waals surface area contributed by atoms with Crippen molar-refractivity contribution in [2.24, 2.45) is 4.99 Å². The summed E-state index contributed by atoms with van der Waals surface area (Å²) in [7, 11) is 1.40. The molecule has 1 fully saturated rings. The minimum Gasteiger partial charge on any atom is -0.451 e. The van der Waals surface area contributed by atoms with Crippen LogP contribution < -0.4 is 0 Å². The van der Waals surface area contributed by atoms with E-state index in [1.807, 2.05) is 0 Å². The van der Waals surface area contributed by atoms with Crippen LogP contribution >= 0.6 is 0 Å². The number of amides is 2. The standard InChI is InChI=1S/C26H37N3O14/c1-12(20(32)29-11-10-28(18(7)30)26(29)27-9)39-22(34)14(3)41-24(36)16(5)43-25(37)17(6)42-23(35)15(4)40-21(33)13(2)38-19(8)31/h12-17H,10-11H2,1-9H3/t12-,13-,14-,15-,16-,17-/m1/s1. The number of carbonyl (C=O) groups is 8. The third-order valence-electron chi connectivity index (χ3n) is 5.69. The molecule has 2 amide bonds. The first-order valence-corrected chi connectivity index (χ1v) is 13.2. The molecular weight excluding hydrogens is 578 g/mol. The van der Waals surface area contributed by atoms with Gasteiger partial charge in [-0.25, -0.2) is 24.0 Å². The average molecular weight is 616 g/mol. The van der Waals surface area contributed by atoms with E-state index in [2.05, 4.69) is 9.73 Å². The summed E-state index contributed by atoms with van der Waals surface area (Å²) in [5.41, 5.74) is 0. The Balaban J connectivity index is 2.59. The van der Waals surface area contributed by atoms with E-state index in [-0.39, 0.29) is 25.0 Å². The fourth-order valence-electron chi connectivity index (χ4n) is 3.40. The molecule has 0 bridgehead atoms. The largest absolute Gasteiger partial charge is 0.451 e. The zero-order valence-corrected chi connectivity index (χ0v) is 25.4. The lowest BCUT2D eigenvalue weighted by Gasteiger charge is -2.23. The first kappa shape index (κ1) is 36.5. The van der Waals surface area contributed by atoms with Crippen molar-refractivity contribution in [3.63, 3.8) is 0 Å². The number of aliphatic imine (C=N–C) groups is 1. The summed E-state index contributed by atoms with van der Waals surface area (Å²) >= 11 is 0. The predicted octanol–water partition coefficient (Wildman–Crippen LogP) is -0.727. The molecule has 0 unspecified atom stereocenters. The summed E-state index contributed by atoms with van der Waals surface area (Å²) in [6.45, 7) is 9.92. The number of rotatable bonds is 12. The summed E-state index contributed by atoms with van der Waals surface area (Å²) in [6.07, 6.45) is -8.65. The monoisotopic (exact) mass is 615 g/mol.